The lowest BCUT2D eigenvalue weighted by Crippen LogP contribution is -2.41. The number of hydrogen-bond acceptors (Lipinski definition) is 3. The first-order valence-electron chi connectivity index (χ1n) is 10.2. The maximum Gasteiger partial charge on any atom is 0.236 e. The topological polar surface area (TPSA) is 26.8 Å². The van der Waals surface area contributed by atoms with Gasteiger partial charge >= 0.3 is 0 Å². The van der Waals surface area contributed by atoms with Gasteiger partial charge < -0.3 is 4.90 Å². The Balaban J connectivity index is 1.52. The molecule has 1 heterocycles. The third-order valence-corrected chi connectivity index (χ3v) is 5.76. The van der Waals surface area contributed by atoms with E-state index < -0.39 is 11.6 Å². The molecule has 1 fully saturated rings. The van der Waals surface area contributed by atoms with Crippen molar-refractivity contribution in [3.05, 3.63) is 71.0 Å². The van der Waals surface area contributed by atoms with E-state index in [1.54, 1.807) is 31.0 Å². The fourth-order valence-electron chi connectivity index (χ4n) is 3.70. The molecule has 0 aromatic heterocycles. The van der Waals surface area contributed by atoms with Gasteiger partial charge in [0.1, 0.15) is 5.82 Å². The van der Waals surface area contributed by atoms with Crippen LogP contribution in [0.2, 0.25) is 0 Å². The predicted octanol–water partition coefficient (Wildman–Crippen LogP) is 3.83. The first-order valence-corrected chi connectivity index (χ1v) is 10.2. The Hall–Kier alpha value is -2.38. The molecule has 0 aliphatic carbocycles. The number of halogens is 3. The van der Waals surface area contributed by atoms with Crippen LogP contribution in [0.3, 0.4) is 0 Å². The summed E-state index contributed by atoms with van der Waals surface area (Å²) in [6, 6.07) is 9.94. The molecule has 3 rings (SSSR count). The van der Waals surface area contributed by atoms with E-state index in [0.29, 0.717) is 5.56 Å². The average molecular weight is 419 g/mol. The van der Waals surface area contributed by atoms with Crippen molar-refractivity contribution in [3.63, 3.8) is 0 Å². The second-order valence-electron chi connectivity index (χ2n) is 7.89. The van der Waals surface area contributed by atoms with Crippen LogP contribution in [0.5, 0.6) is 0 Å². The van der Waals surface area contributed by atoms with E-state index in [4.69, 9.17) is 0 Å². The number of likely N-dealkylation sites (N-methyl/N-ethyl adjacent to an activating group) is 1. The normalized spacial score (nSPS) is 16.8. The largest absolute Gasteiger partial charge is 0.338 e. The molecule has 1 unspecified atom stereocenters. The van der Waals surface area contributed by atoms with Crippen LogP contribution in [-0.4, -0.2) is 60.4 Å². The highest BCUT2D eigenvalue weighted by molar-refractivity contribution is 5.78. The summed E-state index contributed by atoms with van der Waals surface area (Å²) in [6.07, 6.45) is 0.941. The summed E-state index contributed by atoms with van der Waals surface area (Å²) in [6.45, 7) is 6.18. The van der Waals surface area contributed by atoms with Gasteiger partial charge in [-0.15, -0.1) is 0 Å². The van der Waals surface area contributed by atoms with E-state index in [9.17, 15) is 18.0 Å². The summed E-state index contributed by atoms with van der Waals surface area (Å²) in [5.41, 5.74) is 1.63. The van der Waals surface area contributed by atoms with Crippen molar-refractivity contribution in [1.29, 1.82) is 0 Å². The number of amides is 1. The molecule has 4 nitrogen and oxygen atoms in total. The van der Waals surface area contributed by atoms with Gasteiger partial charge in [0, 0.05) is 26.7 Å². The Labute approximate surface area is 175 Å². The molecule has 1 amide bonds. The summed E-state index contributed by atoms with van der Waals surface area (Å²) >= 11 is 0. The van der Waals surface area contributed by atoms with Gasteiger partial charge in [-0.1, -0.05) is 18.2 Å². The van der Waals surface area contributed by atoms with Gasteiger partial charge in [0.2, 0.25) is 5.91 Å². The molecule has 2 aromatic carbocycles. The third kappa shape index (κ3) is 5.83. The fourth-order valence-corrected chi connectivity index (χ4v) is 3.70. The number of hydrogen-bond donors (Lipinski definition) is 0. The third-order valence-electron chi connectivity index (χ3n) is 5.76. The van der Waals surface area contributed by atoms with E-state index in [1.807, 2.05) is 0 Å². The molecule has 30 heavy (non-hydrogen) atoms. The fraction of sp³-hybridized carbons (Fsp3) is 0.435. The lowest BCUT2D eigenvalue weighted by molar-refractivity contribution is -0.133. The zero-order valence-electron chi connectivity index (χ0n) is 17.5. The first kappa shape index (κ1) is 22.3. The molecule has 1 aliphatic rings. The van der Waals surface area contributed by atoms with E-state index in [-0.39, 0.29) is 24.3 Å². The monoisotopic (exact) mass is 419 g/mol. The van der Waals surface area contributed by atoms with Crippen LogP contribution in [0.25, 0.3) is 0 Å². The van der Waals surface area contributed by atoms with E-state index in [1.165, 1.54) is 18.2 Å². The lowest BCUT2D eigenvalue weighted by Gasteiger charge is -2.28. The summed E-state index contributed by atoms with van der Waals surface area (Å²) in [4.78, 5) is 18.8. The Morgan fingerprint density at radius 2 is 1.63 bits per heavy atom. The van der Waals surface area contributed by atoms with Crippen LogP contribution in [0.1, 0.15) is 30.5 Å². The van der Waals surface area contributed by atoms with Crippen LogP contribution in [0.4, 0.5) is 13.2 Å². The number of carbonyl (C=O) groups is 1. The van der Waals surface area contributed by atoms with Crippen LogP contribution < -0.4 is 0 Å². The molecule has 0 saturated carbocycles. The highest BCUT2D eigenvalue weighted by Gasteiger charge is 2.22. The molecule has 1 aliphatic heterocycles. The molecule has 1 atom stereocenters. The summed E-state index contributed by atoms with van der Waals surface area (Å²) in [5, 5.41) is 0. The van der Waals surface area contributed by atoms with Crippen molar-refractivity contribution in [2.75, 3.05) is 39.8 Å². The first-order chi connectivity index (χ1) is 14.3. The number of benzene rings is 2. The number of carbonyl (C=O) groups excluding carboxylic acids is 1. The minimum absolute atomic E-state index is 0.0563. The second kappa shape index (κ2) is 10.1. The molecule has 0 N–H and O–H groups in total. The highest BCUT2D eigenvalue weighted by atomic mass is 19.2. The second-order valence-corrected chi connectivity index (χ2v) is 7.89. The van der Waals surface area contributed by atoms with E-state index in [0.717, 1.165) is 56.8 Å². The molecular weight excluding hydrogens is 391 g/mol. The van der Waals surface area contributed by atoms with Gasteiger partial charge in [0.15, 0.2) is 11.6 Å². The van der Waals surface area contributed by atoms with Crippen LogP contribution in [-0.2, 0) is 11.3 Å². The summed E-state index contributed by atoms with van der Waals surface area (Å²) in [7, 11) is 1.69. The zero-order chi connectivity index (χ0) is 21.7. The van der Waals surface area contributed by atoms with Crippen molar-refractivity contribution in [2.24, 2.45) is 0 Å². The van der Waals surface area contributed by atoms with Crippen LogP contribution in [0, 0.1) is 17.5 Å². The van der Waals surface area contributed by atoms with E-state index >= 15 is 0 Å². The molecule has 2 aromatic rings. The Kier molecular flexibility index (Phi) is 7.50. The number of nitrogens with zero attached hydrogens (tertiary/aromatic N) is 3. The standard InChI is InChI=1S/C23H28F3N3O/c1-17(19-6-9-21(25)22(26)14-19)27(2)23(30)16-29-11-3-10-28(12-13-29)15-18-4-7-20(24)8-5-18/h4-9,14,17H,3,10-13,15-16H2,1-2H3. The Morgan fingerprint density at radius 1 is 0.967 bits per heavy atom. The van der Waals surface area contributed by atoms with Gasteiger partial charge in [-0.2, -0.15) is 0 Å². The van der Waals surface area contributed by atoms with Crippen LogP contribution in [0.15, 0.2) is 42.5 Å². The zero-order valence-corrected chi connectivity index (χ0v) is 17.5. The minimum Gasteiger partial charge on any atom is -0.338 e. The molecule has 162 valence electrons. The summed E-state index contributed by atoms with van der Waals surface area (Å²) in [5.74, 6) is -2.09. The Morgan fingerprint density at radius 3 is 2.33 bits per heavy atom. The van der Waals surface area contributed by atoms with Gasteiger partial charge in [-0.05, 0) is 61.8 Å². The maximum atomic E-state index is 13.5. The van der Waals surface area contributed by atoms with Crippen molar-refractivity contribution < 1.29 is 18.0 Å². The van der Waals surface area contributed by atoms with E-state index in [2.05, 4.69) is 9.80 Å². The smallest absolute Gasteiger partial charge is 0.236 e. The van der Waals surface area contributed by atoms with Crippen LogP contribution >= 0.6 is 0 Å². The highest BCUT2D eigenvalue weighted by Crippen LogP contribution is 2.21. The molecule has 0 spiro atoms. The molecule has 1 saturated heterocycles. The van der Waals surface area contributed by atoms with Crippen molar-refractivity contribution >= 4 is 5.91 Å². The average Bonchev–Trinajstić information content (AvgIpc) is 2.95. The summed E-state index contributed by atoms with van der Waals surface area (Å²) < 4.78 is 39.8. The SMILES string of the molecule is CC(c1ccc(F)c(F)c1)N(C)C(=O)CN1CCCN(Cc2ccc(F)cc2)CC1. The Bertz CT molecular complexity index is 859. The van der Waals surface area contributed by atoms with Gasteiger partial charge in [0.05, 0.1) is 12.6 Å². The number of rotatable bonds is 6. The molecular formula is C23H28F3N3O. The van der Waals surface area contributed by atoms with Crippen molar-refractivity contribution in [2.45, 2.75) is 25.9 Å². The van der Waals surface area contributed by atoms with Gasteiger partial charge in [-0.3, -0.25) is 14.6 Å². The van der Waals surface area contributed by atoms with Crippen molar-refractivity contribution in [1.82, 2.24) is 14.7 Å². The minimum atomic E-state index is -0.908. The molecule has 7 heteroatoms. The quantitative estimate of drug-likeness (QED) is 0.712. The van der Waals surface area contributed by atoms with Gasteiger partial charge in [-0.25, -0.2) is 13.2 Å². The molecule has 0 radical (unpaired) electrons. The molecule has 0 bridgehead atoms. The lowest BCUT2D eigenvalue weighted by atomic mass is 10.1. The predicted molar refractivity (Wildman–Crippen MR) is 110 cm³/mol. The maximum absolute atomic E-state index is 13.5. The van der Waals surface area contributed by atoms with Crippen molar-refractivity contribution in [3.8, 4) is 0 Å². The van der Waals surface area contributed by atoms with Gasteiger partial charge in [0.25, 0.3) is 0 Å².